The number of likely N-dealkylation sites (tertiary alicyclic amines) is 1. The molecule has 0 bridgehead atoms. The molecule has 158 valence electrons. The first-order valence-corrected chi connectivity index (χ1v) is 11.1. The minimum absolute atomic E-state index is 0.0159. The van der Waals surface area contributed by atoms with Crippen LogP contribution in [0.3, 0.4) is 0 Å². The molecule has 2 atom stereocenters. The van der Waals surface area contributed by atoms with Crippen LogP contribution in [0, 0.1) is 5.92 Å². The third kappa shape index (κ3) is 3.56. The lowest BCUT2D eigenvalue weighted by Gasteiger charge is -2.25. The summed E-state index contributed by atoms with van der Waals surface area (Å²) in [4.78, 5) is 17.6. The van der Waals surface area contributed by atoms with Gasteiger partial charge in [-0.3, -0.25) is 9.69 Å². The van der Waals surface area contributed by atoms with E-state index in [1.165, 1.54) is 25.7 Å². The number of fused-ring (bicyclic) bond motifs is 2. The Morgan fingerprint density at radius 2 is 1.87 bits per heavy atom. The SMILES string of the molecule is COc1cccc(-c2ccc3c(c2)O[C@H]2CN(CC4CCCC4)C[C@H]2N(C)C3=O)c1. The summed E-state index contributed by atoms with van der Waals surface area (Å²) in [5.41, 5.74) is 2.74. The summed E-state index contributed by atoms with van der Waals surface area (Å²) in [5.74, 6) is 2.37. The number of carbonyl (C=O) groups excluding carboxylic acids is 1. The van der Waals surface area contributed by atoms with E-state index in [1.54, 1.807) is 7.11 Å². The quantitative estimate of drug-likeness (QED) is 0.768. The molecule has 0 N–H and O–H groups in total. The molecular formula is C25H30N2O3. The highest BCUT2D eigenvalue weighted by molar-refractivity contribution is 5.98. The van der Waals surface area contributed by atoms with E-state index in [9.17, 15) is 4.79 Å². The normalized spacial score (nSPS) is 24.3. The predicted octanol–water partition coefficient (Wildman–Crippen LogP) is 4.07. The lowest BCUT2D eigenvalue weighted by molar-refractivity contribution is 0.0682. The molecule has 1 amide bonds. The van der Waals surface area contributed by atoms with E-state index in [-0.39, 0.29) is 18.1 Å². The topological polar surface area (TPSA) is 42.0 Å². The fraction of sp³-hybridized carbons (Fsp3) is 0.480. The Kier molecular flexibility index (Phi) is 5.15. The van der Waals surface area contributed by atoms with Gasteiger partial charge in [-0.25, -0.2) is 0 Å². The summed E-state index contributed by atoms with van der Waals surface area (Å²) in [6, 6.07) is 14.0. The minimum Gasteiger partial charge on any atom is -0.497 e. The minimum atomic E-state index is 0.0159. The van der Waals surface area contributed by atoms with Crippen LogP contribution in [0.4, 0.5) is 0 Å². The van der Waals surface area contributed by atoms with Crippen molar-refractivity contribution in [3.63, 3.8) is 0 Å². The van der Waals surface area contributed by atoms with Gasteiger partial charge in [0.1, 0.15) is 17.6 Å². The van der Waals surface area contributed by atoms with Gasteiger partial charge >= 0.3 is 0 Å². The maximum absolute atomic E-state index is 13.2. The van der Waals surface area contributed by atoms with Crippen molar-refractivity contribution in [1.29, 1.82) is 0 Å². The molecule has 5 heteroatoms. The summed E-state index contributed by atoms with van der Waals surface area (Å²) >= 11 is 0. The van der Waals surface area contributed by atoms with Gasteiger partial charge in [-0.1, -0.05) is 31.0 Å². The third-order valence-corrected chi connectivity index (χ3v) is 7.01. The maximum Gasteiger partial charge on any atom is 0.257 e. The van der Waals surface area contributed by atoms with E-state index in [1.807, 2.05) is 48.3 Å². The number of hydrogen-bond acceptors (Lipinski definition) is 4. The van der Waals surface area contributed by atoms with Crippen molar-refractivity contribution in [2.75, 3.05) is 33.8 Å². The molecule has 0 spiro atoms. The van der Waals surface area contributed by atoms with Crippen molar-refractivity contribution in [3.05, 3.63) is 48.0 Å². The zero-order valence-corrected chi connectivity index (χ0v) is 17.8. The highest BCUT2D eigenvalue weighted by Crippen LogP contribution is 2.35. The molecule has 0 aromatic heterocycles. The van der Waals surface area contributed by atoms with Crippen LogP contribution in [-0.4, -0.2) is 61.6 Å². The summed E-state index contributed by atoms with van der Waals surface area (Å²) in [6.45, 7) is 2.93. The van der Waals surface area contributed by atoms with Crippen LogP contribution < -0.4 is 9.47 Å². The molecule has 1 saturated heterocycles. The highest BCUT2D eigenvalue weighted by atomic mass is 16.5. The number of amides is 1. The second-order valence-electron chi connectivity index (χ2n) is 8.95. The molecule has 2 heterocycles. The average molecular weight is 407 g/mol. The number of likely N-dealkylation sites (N-methyl/N-ethyl adjacent to an activating group) is 1. The largest absolute Gasteiger partial charge is 0.497 e. The van der Waals surface area contributed by atoms with E-state index in [0.29, 0.717) is 11.3 Å². The molecule has 0 radical (unpaired) electrons. The Balaban J connectivity index is 1.41. The molecule has 30 heavy (non-hydrogen) atoms. The first kappa shape index (κ1) is 19.4. The van der Waals surface area contributed by atoms with Gasteiger partial charge in [0.25, 0.3) is 5.91 Å². The van der Waals surface area contributed by atoms with Gasteiger partial charge < -0.3 is 14.4 Å². The van der Waals surface area contributed by atoms with Gasteiger partial charge in [-0.05, 0) is 54.2 Å². The summed E-state index contributed by atoms with van der Waals surface area (Å²) in [7, 11) is 3.60. The van der Waals surface area contributed by atoms with Gasteiger partial charge in [0.05, 0.1) is 18.7 Å². The van der Waals surface area contributed by atoms with Gasteiger partial charge in [0.15, 0.2) is 0 Å². The average Bonchev–Trinajstić information content (AvgIpc) is 3.41. The Labute approximate surface area is 178 Å². The van der Waals surface area contributed by atoms with Crippen LogP contribution in [0.15, 0.2) is 42.5 Å². The van der Waals surface area contributed by atoms with E-state index >= 15 is 0 Å². The first-order valence-electron chi connectivity index (χ1n) is 11.1. The molecule has 2 aromatic carbocycles. The van der Waals surface area contributed by atoms with E-state index < -0.39 is 0 Å². The zero-order valence-electron chi connectivity index (χ0n) is 17.8. The highest BCUT2D eigenvalue weighted by Gasteiger charge is 2.42. The molecule has 5 rings (SSSR count). The Morgan fingerprint density at radius 1 is 1.07 bits per heavy atom. The number of nitrogens with zero attached hydrogens (tertiary/aromatic N) is 2. The van der Waals surface area contributed by atoms with Gasteiger partial charge in [-0.15, -0.1) is 0 Å². The first-order chi connectivity index (χ1) is 14.6. The van der Waals surface area contributed by atoms with Crippen molar-refractivity contribution in [2.45, 2.75) is 37.8 Å². The molecule has 2 fully saturated rings. The smallest absolute Gasteiger partial charge is 0.257 e. The molecule has 1 saturated carbocycles. The fourth-order valence-electron chi connectivity index (χ4n) is 5.31. The molecule has 5 nitrogen and oxygen atoms in total. The number of methoxy groups -OCH3 is 1. The monoisotopic (exact) mass is 406 g/mol. The Bertz CT molecular complexity index is 938. The summed E-state index contributed by atoms with van der Waals surface area (Å²) in [5, 5.41) is 0. The summed E-state index contributed by atoms with van der Waals surface area (Å²) < 4.78 is 11.9. The zero-order chi connectivity index (χ0) is 20.7. The van der Waals surface area contributed by atoms with Gasteiger partial charge in [-0.2, -0.15) is 0 Å². The fourth-order valence-corrected chi connectivity index (χ4v) is 5.31. The lowest BCUT2D eigenvalue weighted by atomic mass is 10.0. The predicted molar refractivity (Wildman–Crippen MR) is 117 cm³/mol. The van der Waals surface area contributed by atoms with Crippen molar-refractivity contribution in [2.24, 2.45) is 5.92 Å². The van der Waals surface area contributed by atoms with Crippen LogP contribution in [0.25, 0.3) is 11.1 Å². The number of ether oxygens (including phenoxy) is 2. The van der Waals surface area contributed by atoms with E-state index in [4.69, 9.17) is 9.47 Å². The van der Waals surface area contributed by atoms with Crippen LogP contribution in [0.1, 0.15) is 36.0 Å². The van der Waals surface area contributed by atoms with Crippen LogP contribution in [-0.2, 0) is 0 Å². The van der Waals surface area contributed by atoms with Crippen molar-refractivity contribution < 1.29 is 14.3 Å². The molecule has 0 unspecified atom stereocenters. The molecule has 2 aromatic rings. The van der Waals surface area contributed by atoms with Crippen LogP contribution in [0.2, 0.25) is 0 Å². The summed E-state index contributed by atoms with van der Waals surface area (Å²) in [6.07, 6.45) is 5.42. The van der Waals surface area contributed by atoms with Crippen LogP contribution in [0.5, 0.6) is 11.5 Å². The molecule has 3 aliphatic rings. The molecule has 1 aliphatic carbocycles. The van der Waals surface area contributed by atoms with Crippen LogP contribution >= 0.6 is 0 Å². The third-order valence-electron chi connectivity index (χ3n) is 7.01. The van der Waals surface area contributed by atoms with Gasteiger partial charge in [0, 0.05) is 26.7 Å². The lowest BCUT2D eigenvalue weighted by Crippen LogP contribution is -2.44. The maximum atomic E-state index is 13.2. The number of rotatable bonds is 4. The standard InChI is InChI=1S/C25H30N2O3/c1-26-22-15-27(14-17-6-3-4-7-17)16-24(22)30-23-13-19(10-11-21(23)25(26)28)18-8-5-9-20(12-18)29-2/h5,8-13,17,22,24H,3-4,6-7,14-16H2,1-2H3/t22-,24+/m1/s1. The Hall–Kier alpha value is -2.53. The number of carbonyl (C=O) groups is 1. The Morgan fingerprint density at radius 3 is 2.67 bits per heavy atom. The van der Waals surface area contributed by atoms with Gasteiger partial charge in [0.2, 0.25) is 0 Å². The number of hydrogen-bond donors (Lipinski definition) is 0. The van der Waals surface area contributed by atoms with Crippen molar-refractivity contribution in [3.8, 4) is 22.6 Å². The van der Waals surface area contributed by atoms with E-state index in [2.05, 4.69) is 11.0 Å². The second kappa shape index (κ2) is 7.95. The van der Waals surface area contributed by atoms with Crippen molar-refractivity contribution in [1.82, 2.24) is 9.80 Å². The van der Waals surface area contributed by atoms with Crippen molar-refractivity contribution >= 4 is 5.91 Å². The second-order valence-corrected chi connectivity index (χ2v) is 8.95. The molecule has 2 aliphatic heterocycles. The molecular weight excluding hydrogens is 376 g/mol. The number of benzene rings is 2. The van der Waals surface area contributed by atoms with E-state index in [0.717, 1.165) is 42.4 Å².